The molecule has 0 heterocycles. The summed E-state index contributed by atoms with van der Waals surface area (Å²) < 4.78 is 16.8. The standard InChI is InChI=1S/C59H112O6/c1-4-7-10-13-16-19-22-24-26-27-28-29-30-31-32-33-34-36-37-40-43-46-49-52-58(61)64-55-56(54-63-57(60)51-48-45-42-39-21-18-15-12-9-6-3)65-59(62)53-50-47-44-41-38-35-25-23-20-17-14-11-8-5-2/h12,15,56H,4-11,13-14,16-55H2,1-3H3/b15-12-. The number of rotatable bonds is 54. The summed E-state index contributed by atoms with van der Waals surface area (Å²) in [6, 6.07) is 0. The molecule has 384 valence electrons. The minimum atomic E-state index is -0.767. The van der Waals surface area contributed by atoms with E-state index in [4.69, 9.17) is 14.2 Å². The molecule has 1 unspecified atom stereocenters. The number of hydrogen-bond acceptors (Lipinski definition) is 6. The van der Waals surface area contributed by atoms with Crippen LogP contribution in [-0.4, -0.2) is 37.2 Å². The molecule has 0 radical (unpaired) electrons. The van der Waals surface area contributed by atoms with Crippen molar-refractivity contribution in [2.75, 3.05) is 13.2 Å². The van der Waals surface area contributed by atoms with Gasteiger partial charge in [0.25, 0.3) is 0 Å². The highest BCUT2D eigenvalue weighted by atomic mass is 16.6. The van der Waals surface area contributed by atoms with Gasteiger partial charge in [-0.05, 0) is 38.5 Å². The fraction of sp³-hybridized carbons (Fsp3) is 0.915. The van der Waals surface area contributed by atoms with Crippen LogP contribution < -0.4 is 0 Å². The highest BCUT2D eigenvalue weighted by Gasteiger charge is 2.19. The monoisotopic (exact) mass is 917 g/mol. The van der Waals surface area contributed by atoms with E-state index in [2.05, 4.69) is 32.9 Å². The Bertz CT molecular complexity index is 1010. The summed E-state index contributed by atoms with van der Waals surface area (Å²) >= 11 is 0. The molecule has 0 aliphatic rings. The Labute approximate surface area is 405 Å². The summed E-state index contributed by atoms with van der Waals surface area (Å²) in [6.07, 6.45) is 62.2. The molecule has 0 rings (SSSR count). The molecule has 0 bridgehead atoms. The average molecular weight is 918 g/mol. The predicted molar refractivity (Wildman–Crippen MR) is 280 cm³/mol. The molecule has 0 saturated carbocycles. The molecule has 0 fully saturated rings. The second-order valence-corrected chi connectivity index (χ2v) is 19.9. The van der Waals surface area contributed by atoms with Gasteiger partial charge in [-0.1, -0.05) is 283 Å². The van der Waals surface area contributed by atoms with E-state index < -0.39 is 6.10 Å². The molecule has 0 aromatic rings. The Morgan fingerprint density at radius 2 is 0.538 bits per heavy atom. The first-order valence-corrected chi connectivity index (χ1v) is 29.2. The molecule has 0 spiro atoms. The van der Waals surface area contributed by atoms with Crippen molar-refractivity contribution in [1.82, 2.24) is 0 Å². The average Bonchev–Trinajstić information content (AvgIpc) is 3.30. The van der Waals surface area contributed by atoms with Gasteiger partial charge < -0.3 is 14.2 Å². The van der Waals surface area contributed by atoms with Gasteiger partial charge in [0.1, 0.15) is 13.2 Å². The zero-order chi connectivity index (χ0) is 47.2. The fourth-order valence-electron chi connectivity index (χ4n) is 8.86. The van der Waals surface area contributed by atoms with Crippen molar-refractivity contribution in [3.8, 4) is 0 Å². The van der Waals surface area contributed by atoms with E-state index in [0.29, 0.717) is 19.3 Å². The van der Waals surface area contributed by atoms with Crippen molar-refractivity contribution < 1.29 is 28.6 Å². The fourth-order valence-corrected chi connectivity index (χ4v) is 8.86. The molecule has 0 aliphatic carbocycles. The third-order valence-electron chi connectivity index (χ3n) is 13.3. The minimum absolute atomic E-state index is 0.0668. The molecular formula is C59H112O6. The van der Waals surface area contributed by atoms with E-state index in [1.165, 1.54) is 218 Å². The van der Waals surface area contributed by atoms with Gasteiger partial charge in [-0.25, -0.2) is 0 Å². The Morgan fingerprint density at radius 3 is 0.831 bits per heavy atom. The lowest BCUT2D eigenvalue weighted by molar-refractivity contribution is -0.167. The summed E-state index contributed by atoms with van der Waals surface area (Å²) in [5.41, 5.74) is 0. The van der Waals surface area contributed by atoms with Crippen LogP contribution in [0.2, 0.25) is 0 Å². The maximum atomic E-state index is 12.8. The van der Waals surface area contributed by atoms with Gasteiger partial charge in [-0.15, -0.1) is 0 Å². The first kappa shape index (κ1) is 63.1. The zero-order valence-electron chi connectivity index (χ0n) is 44.0. The Hall–Kier alpha value is -1.85. The van der Waals surface area contributed by atoms with Crippen LogP contribution in [0.5, 0.6) is 0 Å². The lowest BCUT2D eigenvalue weighted by Gasteiger charge is -2.18. The third kappa shape index (κ3) is 53.0. The minimum Gasteiger partial charge on any atom is -0.462 e. The van der Waals surface area contributed by atoms with Gasteiger partial charge in [0.2, 0.25) is 0 Å². The van der Waals surface area contributed by atoms with E-state index >= 15 is 0 Å². The molecule has 6 nitrogen and oxygen atoms in total. The second kappa shape index (κ2) is 54.8. The SMILES string of the molecule is CCC/C=C\CCCCCCCC(=O)OCC(COC(=O)CCCCCCCCCCCCCCCCCCCCCCCCC)OC(=O)CCCCCCCCCCCCCCCC. The van der Waals surface area contributed by atoms with Crippen LogP contribution in [0, 0.1) is 0 Å². The van der Waals surface area contributed by atoms with Crippen LogP contribution in [0.25, 0.3) is 0 Å². The van der Waals surface area contributed by atoms with E-state index in [1.807, 2.05) is 0 Å². The molecule has 65 heavy (non-hydrogen) atoms. The summed E-state index contributed by atoms with van der Waals surface area (Å²) in [6.45, 7) is 6.63. The predicted octanol–water partition coefficient (Wildman–Crippen LogP) is 19.3. The number of hydrogen-bond donors (Lipinski definition) is 0. The molecule has 0 saturated heterocycles. The van der Waals surface area contributed by atoms with Crippen LogP contribution in [-0.2, 0) is 28.6 Å². The molecule has 1 atom stereocenters. The number of ether oxygens (including phenoxy) is 3. The highest BCUT2D eigenvalue weighted by molar-refractivity contribution is 5.71. The van der Waals surface area contributed by atoms with Gasteiger partial charge in [-0.2, -0.15) is 0 Å². The number of unbranched alkanes of at least 4 members (excludes halogenated alkanes) is 41. The van der Waals surface area contributed by atoms with Crippen molar-refractivity contribution in [3.63, 3.8) is 0 Å². The maximum absolute atomic E-state index is 12.8. The van der Waals surface area contributed by atoms with Crippen LogP contribution >= 0.6 is 0 Å². The van der Waals surface area contributed by atoms with Gasteiger partial charge in [0, 0.05) is 19.3 Å². The first-order valence-electron chi connectivity index (χ1n) is 29.2. The summed E-state index contributed by atoms with van der Waals surface area (Å²) in [4.78, 5) is 38.0. The molecular weight excluding hydrogens is 805 g/mol. The molecule has 0 aliphatic heterocycles. The van der Waals surface area contributed by atoms with Gasteiger partial charge in [0.15, 0.2) is 6.10 Å². The largest absolute Gasteiger partial charge is 0.462 e. The van der Waals surface area contributed by atoms with E-state index in [0.717, 1.165) is 70.6 Å². The van der Waals surface area contributed by atoms with E-state index in [1.54, 1.807) is 0 Å². The van der Waals surface area contributed by atoms with Crippen molar-refractivity contribution in [2.45, 2.75) is 335 Å². The second-order valence-electron chi connectivity index (χ2n) is 19.9. The van der Waals surface area contributed by atoms with Gasteiger partial charge in [0.05, 0.1) is 0 Å². The van der Waals surface area contributed by atoms with E-state index in [9.17, 15) is 14.4 Å². The molecule has 0 N–H and O–H groups in total. The molecule has 0 aromatic heterocycles. The summed E-state index contributed by atoms with van der Waals surface area (Å²) in [5.74, 6) is -0.856. The zero-order valence-corrected chi connectivity index (χ0v) is 44.0. The summed E-state index contributed by atoms with van der Waals surface area (Å²) in [5, 5.41) is 0. The van der Waals surface area contributed by atoms with Crippen molar-refractivity contribution in [3.05, 3.63) is 12.2 Å². The lowest BCUT2D eigenvalue weighted by Crippen LogP contribution is -2.30. The van der Waals surface area contributed by atoms with Crippen molar-refractivity contribution in [2.24, 2.45) is 0 Å². The van der Waals surface area contributed by atoms with Gasteiger partial charge in [-0.3, -0.25) is 14.4 Å². The smallest absolute Gasteiger partial charge is 0.306 e. The highest BCUT2D eigenvalue weighted by Crippen LogP contribution is 2.18. The van der Waals surface area contributed by atoms with Crippen LogP contribution in [0.1, 0.15) is 329 Å². The number of esters is 3. The van der Waals surface area contributed by atoms with Crippen molar-refractivity contribution >= 4 is 17.9 Å². The number of carbonyl (C=O) groups is 3. The lowest BCUT2D eigenvalue weighted by atomic mass is 10.0. The molecule has 0 aromatic carbocycles. The quantitative estimate of drug-likeness (QED) is 0.0262. The van der Waals surface area contributed by atoms with Crippen LogP contribution in [0.3, 0.4) is 0 Å². The molecule has 6 heteroatoms. The van der Waals surface area contributed by atoms with Crippen molar-refractivity contribution in [1.29, 1.82) is 0 Å². The van der Waals surface area contributed by atoms with Crippen LogP contribution in [0.15, 0.2) is 12.2 Å². The van der Waals surface area contributed by atoms with Gasteiger partial charge >= 0.3 is 17.9 Å². The Kier molecular flexibility index (Phi) is 53.2. The van der Waals surface area contributed by atoms with E-state index in [-0.39, 0.29) is 31.1 Å². The first-order chi connectivity index (χ1) is 32.0. The maximum Gasteiger partial charge on any atom is 0.306 e. The summed E-state index contributed by atoms with van der Waals surface area (Å²) in [7, 11) is 0. The number of carbonyl (C=O) groups excluding carboxylic acids is 3. The number of allylic oxidation sites excluding steroid dienone is 2. The topological polar surface area (TPSA) is 78.9 Å². The Balaban J connectivity index is 4.16. The Morgan fingerprint density at radius 1 is 0.292 bits per heavy atom. The third-order valence-corrected chi connectivity index (χ3v) is 13.3. The normalized spacial score (nSPS) is 12.0. The van der Waals surface area contributed by atoms with Crippen LogP contribution in [0.4, 0.5) is 0 Å². The molecule has 0 amide bonds.